The maximum Gasteiger partial charge on any atom is 0.246 e. The summed E-state index contributed by atoms with van der Waals surface area (Å²) >= 11 is 1.59. The quantitative estimate of drug-likeness (QED) is 0.392. The number of carbonyl (C=O) groups is 3. The number of ether oxygens (including phenoxy) is 1. The van der Waals surface area contributed by atoms with Crippen molar-refractivity contribution in [3.05, 3.63) is 66.5 Å². The number of amides is 3. The van der Waals surface area contributed by atoms with E-state index < -0.39 is 29.6 Å². The standard InChI is InChI=1S/C31H36N4O4S/c1-18-7-4-11-23(19(18)2)34-29(37)27-31-13-12-24(39-31)25(28(36)33-21-9-5-10-22(15-21)40-3)26(31)30(38)35(27)17-20-8-6-14-32-16-20/h5-6,8-10,12-16,18-19,23-27H,4,7,11,17H2,1-3H3,(H,33,36)(H,34,37)/t18-,19-,23-,24+,25-,26+,27+,31+/m1/s1. The van der Waals surface area contributed by atoms with Crippen molar-refractivity contribution >= 4 is 35.2 Å². The number of carbonyl (C=O) groups excluding carboxylic acids is 3. The maximum absolute atomic E-state index is 14.2. The predicted molar refractivity (Wildman–Crippen MR) is 153 cm³/mol. The molecule has 2 aromatic rings. The van der Waals surface area contributed by atoms with Crippen LogP contribution in [0.1, 0.15) is 38.7 Å². The van der Waals surface area contributed by atoms with E-state index in [0.717, 1.165) is 29.7 Å². The van der Waals surface area contributed by atoms with E-state index in [-0.39, 0.29) is 30.3 Å². The highest BCUT2D eigenvalue weighted by Crippen LogP contribution is 2.55. The molecule has 40 heavy (non-hydrogen) atoms. The molecule has 0 radical (unpaired) electrons. The topological polar surface area (TPSA) is 101 Å². The minimum absolute atomic E-state index is 0.0347. The summed E-state index contributed by atoms with van der Waals surface area (Å²) in [6.45, 7) is 4.63. The van der Waals surface area contributed by atoms with Crippen LogP contribution in [-0.2, 0) is 25.7 Å². The minimum atomic E-state index is -1.19. The van der Waals surface area contributed by atoms with Crippen molar-refractivity contribution in [1.82, 2.24) is 15.2 Å². The van der Waals surface area contributed by atoms with Gasteiger partial charge in [-0.2, -0.15) is 0 Å². The first-order valence-electron chi connectivity index (χ1n) is 14.1. The Morgan fingerprint density at radius 2 is 2.02 bits per heavy atom. The smallest absolute Gasteiger partial charge is 0.246 e. The summed E-state index contributed by atoms with van der Waals surface area (Å²) in [6, 6.07) is 10.5. The number of nitrogens with zero attached hydrogens (tertiary/aromatic N) is 2. The van der Waals surface area contributed by atoms with Crippen LogP contribution in [0.25, 0.3) is 0 Å². The highest BCUT2D eigenvalue weighted by molar-refractivity contribution is 7.98. The summed E-state index contributed by atoms with van der Waals surface area (Å²) in [4.78, 5) is 48.9. The van der Waals surface area contributed by atoms with Gasteiger partial charge in [-0.1, -0.05) is 51.0 Å². The molecule has 2 bridgehead atoms. The lowest BCUT2D eigenvalue weighted by Crippen LogP contribution is -2.57. The summed E-state index contributed by atoms with van der Waals surface area (Å²) in [5.41, 5.74) is 0.295. The minimum Gasteiger partial charge on any atom is -0.359 e. The number of thioether (sulfide) groups is 1. The Morgan fingerprint density at radius 1 is 1.18 bits per heavy atom. The Labute approximate surface area is 239 Å². The summed E-state index contributed by atoms with van der Waals surface area (Å²) in [7, 11) is 0. The van der Waals surface area contributed by atoms with E-state index in [0.29, 0.717) is 17.5 Å². The molecule has 2 N–H and O–H groups in total. The third-order valence-electron chi connectivity index (χ3n) is 9.37. The van der Waals surface area contributed by atoms with Crippen molar-refractivity contribution in [3.63, 3.8) is 0 Å². The van der Waals surface area contributed by atoms with Crippen LogP contribution in [0.2, 0.25) is 0 Å². The maximum atomic E-state index is 14.2. The first kappa shape index (κ1) is 27.0. The molecule has 4 heterocycles. The van der Waals surface area contributed by atoms with Gasteiger partial charge in [0.1, 0.15) is 11.6 Å². The molecule has 210 valence electrons. The SMILES string of the molecule is CSc1cccc(NC(=O)[C@@H]2[C@@H]3C=C[C@]4(O3)[C@@H]2C(=O)N(Cc2cccnc2)[C@H]4C(=O)N[C@@H]2CCC[C@@H](C)[C@H]2C)c1. The molecule has 0 unspecified atom stereocenters. The van der Waals surface area contributed by atoms with Crippen LogP contribution in [0.15, 0.2) is 65.8 Å². The molecular formula is C31H36N4O4S. The number of pyridine rings is 1. The molecule has 1 aromatic heterocycles. The zero-order valence-corrected chi connectivity index (χ0v) is 23.9. The molecule has 2 saturated heterocycles. The monoisotopic (exact) mass is 560 g/mol. The Bertz CT molecular complexity index is 1340. The van der Waals surface area contributed by atoms with Crippen molar-refractivity contribution in [2.45, 2.75) is 68.3 Å². The number of nitrogens with one attached hydrogen (secondary N) is 2. The van der Waals surface area contributed by atoms with Gasteiger partial charge >= 0.3 is 0 Å². The Hall–Kier alpha value is -3.17. The Morgan fingerprint density at radius 3 is 2.80 bits per heavy atom. The van der Waals surface area contributed by atoms with E-state index in [1.165, 1.54) is 0 Å². The average molecular weight is 561 g/mol. The van der Waals surface area contributed by atoms with E-state index >= 15 is 0 Å². The van der Waals surface area contributed by atoms with Crippen LogP contribution < -0.4 is 10.6 Å². The Balaban J connectivity index is 1.32. The van der Waals surface area contributed by atoms with E-state index in [2.05, 4.69) is 29.5 Å². The van der Waals surface area contributed by atoms with Gasteiger partial charge in [0.15, 0.2) is 0 Å². The molecule has 3 aliphatic heterocycles. The number of likely N-dealkylation sites (tertiary alicyclic amines) is 1. The fourth-order valence-electron chi connectivity index (χ4n) is 7.10. The van der Waals surface area contributed by atoms with E-state index in [1.54, 1.807) is 29.1 Å². The summed E-state index contributed by atoms with van der Waals surface area (Å²) in [6.07, 6.45) is 11.6. The first-order valence-corrected chi connectivity index (χ1v) is 15.4. The lowest BCUT2D eigenvalue weighted by molar-refractivity contribution is -0.142. The number of fused-ring (bicyclic) bond motifs is 1. The second kappa shape index (κ2) is 10.7. The van der Waals surface area contributed by atoms with E-state index in [9.17, 15) is 14.4 Å². The normalized spacial score (nSPS) is 34.1. The van der Waals surface area contributed by atoms with Crippen LogP contribution in [0.5, 0.6) is 0 Å². The van der Waals surface area contributed by atoms with Crippen LogP contribution in [0.4, 0.5) is 5.69 Å². The fourth-order valence-corrected chi connectivity index (χ4v) is 7.56. The molecule has 1 aromatic carbocycles. The third-order valence-corrected chi connectivity index (χ3v) is 10.1. The highest BCUT2D eigenvalue weighted by atomic mass is 32.2. The van der Waals surface area contributed by atoms with Gasteiger partial charge in [0.05, 0.1) is 17.9 Å². The number of rotatable bonds is 7. The number of hydrogen-bond donors (Lipinski definition) is 2. The van der Waals surface area contributed by atoms with Crippen molar-refractivity contribution < 1.29 is 19.1 Å². The van der Waals surface area contributed by atoms with Gasteiger partial charge in [0.25, 0.3) is 0 Å². The molecule has 8 atom stereocenters. The number of anilines is 1. The third kappa shape index (κ3) is 4.53. The number of benzene rings is 1. The number of aromatic nitrogens is 1. The first-order chi connectivity index (χ1) is 19.3. The summed E-state index contributed by atoms with van der Waals surface area (Å²) < 4.78 is 6.49. The van der Waals surface area contributed by atoms with Crippen LogP contribution in [-0.4, -0.2) is 57.6 Å². The molecule has 4 aliphatic rings. The summed E-state index contributed by atoms with van der Waals surface area (Å²) in [5.74, 6) is -1.41. The van der Waals surface area contributed by atoms with Gasteiger partial charge in [0.2, 0.25) is 17.7 Å². The van der Waals surface area contributed by atoms with Crippen LogP contribution in [0.3, 0.4) is 0 Å². The second-order valence-electron chi connectivity index (χ2n) is 11.6. The van der Waals surface area contributed by atoms with Crippen LogP contribution >= 0.6 is 11.8 Å². The molecule has 1 saturated carbocycles. The fraction of sp³-hybridized carbons (Fsp3) is 0.484. The molecule has 9 heteroatoms. The zero-order chi connectivity index (χ0) is 28.0. The molecule has 1 aliphatic carbocycles. The van der Waals surface area contributed by atoms with Gasteiger partial charge in [-0.05, 0) is 54.3 Å². The zero-order valence-electron chi connectivity index (χ0n) is 23.1. The Kier molecular flexibility index (Phi) is 7.21. The predicted octanol–water partition coefficient (Wildman–Crippen LogP) is 4.03. The van der Waals surface area contributed by atoms with E-state index in [1.807, 2.05) is 54.8 Å². The average Bonchev–Trinajstić information content (AvgIpc) is 3.59. The van der Waals surface area contributed by atoms with Crippen LogP contribution in [0, 0.1) is 23.7 Å². The molecule has 3 amide bonds. The summed E-state index contributed by atoms with van der Waals surface area (Å²) in [5, 5.41) is 6.31. The highest BCUT2D eigenvalue weighted by Gasteiger charge is 2.72. The lowest BCUT2D eigenvalue weighted by Gasteiger charge is -2.38. The molecule has 8 nitrogen and oxygen atoms in total. The number of hydrogen-bond acceptors (Lipinski definition) is 6. The van der Waals surface area contributed by atoms with Crippen molar-refractivity contribution in [1.29, 1.82) is 0 Å². The largest absolute Gasteiger partial charge is 0.359 e. The molecular weight excluding hydrogens is 524 g/mol. The van der Waals surface area contributed by atoms with Gasteiger partial charge < -0.3 is 20.3 Å². The lowest BCUT2D eigenvalue weighted by atomic mass is 9.73. The second-order valence-corrected chi connectivity index (χ2v) is 12.5. The van der Waals surface area contributed by atoms with E-state index in [4.69, 9.17) is 4.74 Å². The van der Waals surface area contributed by atoms with Gasteiger partial charge in [-0.3, -0.25) is 19.4 Å². The van der Waals surface area contributed by atoms with Gasteiger partial charge in [0, 0.05) is 35.6 Å². The molecule has 3 fully saturated rings. The van der Waals surface area contributed by atoms with Crippen molar-refractivity contribution in [2.75, 3.05) is 11.6 Å². The van der Waals surface area contributed by atoms with Crippen molar-refractivity contribution in [3.8, 4) is 0 Å². The molecule has 1 spiro atoms. The van der Waals surface area contributed by atoms with Crippen molar-refractivity contribution in [2.24, 2.45) is 23.7 Å². The molecule has 6 rings (SSSR count). The van der Waals surface area contributed by atoms with Gasteiger partial charge in [-0.25, -0.2) is 0 Å². The van der Waals surface area contributed by atoms with Gasteiger partial charge in [-0.15, -0.1) is 11.8 Å².